The van der Waals surface area contributed by atoms with Crippen LogP contribution in [0.15, 0.2) is 30.7 Å². The molecule has 76 valence electrons. The Morgan fingerprint density at radius 3 is 2.87 bits per heavy atom. The molecule has 0 atom stereocenters. The molecule has 0 aliphatic rings. The summed E-state index contributed by atoms with van der Waals surface area (Å²) in [6.07, 6.45) is 3.07. The normalized spacial score (nSPS) is 10.2. The third kappa shape index (κ3) is 1.71. The number of nitrogens with zero attached hydrogens (tertiary/aromatic N) is 2. The van der Waals surface area contributed by atoms with Crippen molar-refractivity contribution in [3.8, 4) is 11.3 Å². The molecule has 1 aromatic heterocycles. The maximum Gasteiger partial charge on any atom is 0.278 e. The molecular weight excluding hydrogens is 194 g/mol. The van der Waals surface area contributed by atoms with E-state index in [4.69, 9.17) is 0 Å². The maximum atomic E-state index is 10.8. The summed E-state index contributed by atoms with van der Waals surface area (Å²) in [6, 6.07) is 5.00. The average molecular weight is 203 g/mol. The molecule has 2 rings (SSSR count). The number of aromatic nitrogens is 2. The summed E-state index contributed by atoms with van der Waals surface area (Å²) in [5, 5.41) is 10.8. The van der Waals surface area contributed by atoms with Gasteiger partial charge in [-0.15, -0.1) is 0 Å². The van der Waals surface area contributed by atoms with Crippen molar-refractivity contribution in [2.75, 3.05) is 0 Å². The topological polar surface area (TPSA) is 71.8 Å². The first kappa shape index (κ1) is 9.39. The van der Waals surface area contributed by atoms with Gasteiger partial charge in [-0.25, -0.2) is 4.98 Å². The second kappa shape index (κ2) is 3.53. The number of nitrogens with one attached hydrogen (secondary N) is 1. The van der Waals surface area contributed by atoms with Gasteiger partial charge in [0.05, 0.1) is 28.7 Å². The first-order valence-electron chi connectivity index (χ1n) is 4.42. The zero-order chi connectivity index (χ0) is 10.8. The molecule has 0 spiro atoms. The second-order valence-corrected chi connectivity index (χ2v) is 3.24. The molecule has 2 aromatic rings. The smallest absolute Gasteiger partial charge is 0.278 e. The number of imidazole rings is 1. The van der Waals surface area contributed by atoms with Crippen LogP contribution in [0.5, 0.6) is 0 Å². The lowest BCUT2D eigenvalue weighted by Gasteiger charge is -2.01. The van der Waals surface area contributed by atoms with E-state index < -0.39 is 4.92 Å². The lowest BCUT2D eigenvalue weighted by molar-refractivity contribution is -0.384. The molecular formula is C10H9N3O2. The van der Waals surface area contributed by atoms with Crippen LogP contribution in [0, 0.1) is 17.0 Å². The predicted octanol–water partition coefficient (Wildman–Crippen LogP) is 2.29. The SMILES string of the molecule is Cc1ccc([N+](=O)[O-])c(-c2cnc[nH]2)c1. The number of nitro benzene ring substituents is 1. The van der Waals surface area contributed by atoms with Crippen molar-refractivity contribution in [3.63, 3.8) is 0 Å². The molecule has 0 aliphatic carbocycles. The average Bonchev–Trinajstić information content (AvgIpc) is 2.69. The Kier molecular flexibility index (Phi) is 2.21. The minimum Gasteiger partial charge on any atom is -0.344 e. The highest BCUT2D eigenvalue weighted by Gasteiger charge is 2.15. The van der Waals surface area contributed by atoms with Crippen LogP contribution in [0.2, 0.25) is 0 Å². The van der Waals surface area contributed by atoms with E-state index in [1.807, 2.05) is 6.92 Å². The molecule has 0 unspecified atom stereocenters. The van der Waals surface area contributed by atoms with E-state index in [1.165, 1.54) is 12.4 Å². The van der Waals surface area contributed by atoms with E-state index in [0.717, 1.165) is 5.56 Å². The summed E-state index contributed by atoms with van der Waals surface area (Å²) < 4.78 is 0. The molecule has 0 bridgehead atoms. The molecule has 0 saturated carbocycles. The van der Waals surface area contributed by atoms with Crippen LogP contribution in [0.1, 0.15) is 5.56 Å². The van der Waals surface area contributed by atoms with E-state index in [2.05, 4.69) is 9.97 Å². The van der Waals surface area contributed by atoms with Gasteiger partial charge in [-0.2, -0.15) is 0 Å². The fourth-order valence-electron chi connectivity index (χ4n) is 1.43. The Hall–Kier alpha value is -2.17. The van der Waals surface area contributed by atoms with Gasteiger partial charge in [-0.3, -0.25) is 10.1 Å². The van der Waals surface area contributed by atoms with E-state index in [1.54, 1.807) is 18.3 Å². The zero-order valence-electron chi connectivity index (χ0n) is 8.10. The third-order valence-electron chi connectivity index (χ3n) is 2.14. The van der Waals surface area contributed by atoms with Crippen LogP contribution in [-0.4, -0.2) is 14.9 Å². The van der Waals surface area contributed by atoms with Gasteiger partial charge in [0.25, 0.3) is 5.69 Å². The highest BCUT2D eigenvalue weighted by atomic mass is 16.6. The molecule has 0 radical (unpaired) electrons. The molecule has 1 aromatic carbocycles. The van der Waals surface area contributed by atoms with E-state index in [-0.39, 0.29) is 5.69 Å². The molecule has 0 amide bonds. The standard InChI is InChI=1S/C10H9N3O2/c1-7-2-3-10(13(14)15)8(4-7)9-5-11-6-12-9/h2-6H,1H3,(H,11,12). The summed E-state index contributed by atoms with van der Waals surface area (Å²) in [4.78, 5) is 17.1. The van der Waals surface area contributed by atoms with Crippen LogP contribution in [0.25, 0.3) is 11.3 Å². The number of H-pyrrole nitrogens is 1. The fraction of sp³-hybridized carbons (Fsp3) is 0.100. The third-order valence-corrected chi connectivity index (χ3v) is 2.14. The Morgan fingerprint density at radius 1 is 1.47 bits per heavy atom. The summed E-state index contributed by atoms with van der Waals surface area (Å²) in [7, 11) is 0. The molecule has 5 nitrogen and oxygen atoms in total. The molecule has 0 aliphatic heterocycles. The highest BCUT2D eigenvalue weighted by Crippen LogP contribution is 2.28. The van der Waals surface area contributed by atoms with E-state index >= 15 is 0 Å². The number of hydrogen-bond acceptors (Lipinski definition) is 3. The lowest BCUT2D eigenvalue weighted by Crippen LogP contribution is -1.92. The van der Waals surface area contributed by atoms with Gasteiger partial charge in [0.1, 0.15) is 0 Å². The van der Waals surface area contributed by atoms with Crippen LogP contribution < -0.4 is 0 Å². The Balaban J connectivity index is 2.63. The van der Waals surface area contributed by atoms with Gasteiger partial charge >= 0.3 is 0 Å². The zero-order valence-corrected chi connectivity index (χ0v) is 8.10. The van der Waals surface area contributed by atoms with E-state index in [0.29, 0.717) is 11.3 Å². The van der Waals surface area contributed by atoms with Crippen LogP contribution in [-0.2, 0) is 0 Å². The summed E-state index contributed by atoms with van der Waals surface area (Å²) >= 11 is 0. The van der Waals surface area contributed by atoms with Gasteiger partial charge < -0.3 is 4.98 Å². The first-order valence-corrected chi connectivity index (χ1v) is 4.42. The van der Waals surface area contributed by atoms with Crippen molar-refractivity contribution in [1.82, 2.24) is 9.97 Å². The molecule has 15 heavy (non-hydrogen) atoms. The Bertz CT molecular complexity index is 491. The second-order valence-electron chi connectivity index (χ2n) is 3.24. The number of hydrogen-bond donors (Lipinski definition) is 1. The highest BCUT2D eigenvalue weighted by molar-refractivity contribution is 5.70. The number of nitro groups is 1. The van der Waals surface area contributed by atoms with Crippen molar-refractivity contribution in [2.24, 2.45) is 0 Å². The number of benzene rings is 1. The number of aromatic amines is 1. The van der Waals surface area contributed by atoms with Crippen molar-refractivity contribution in [1.29, 1.82) is 0 Å². The van der Waals surface area contributed by atoms with Crippen LogP contribution in [0.4, 0.5) is 5.69 Å². The van der Waals surface area contributed by atoms with Crippen molar-refractivity contribution in [3.05, 3.63) is 46.4 Å². The van der Waals surface area contributed by atoms with Crippen molar-refractivity contribution in [2.45, 2.75) is 6.92 Å². The largest absolute Gasteiger partial charge is 0.344 e. The molecule has 1 heterocycles. The summed E-state index contributed by atoms with van der Waals surface area (Å²) in [5.74, 6) is 0. The quantitative estimate of drug-likeness (QED) is 0.601. The summed E-state index contributed by atoms with van der Waals surface area (Å²) in [6.45, 7) is 1.89. The molecule has 5 heteroatoms. The Morgan fingerprint density at radius 2 is 2.27 bits per heavy atom. The minimum absolute atomic E-state index is 0.0878. The predicted molar refractivity (Wildman–Crippen MR) is 55.4 cm³/mol. The maximum absolute atomic E-state index is 10.8. The van der Waals surface area contributed by atoms with Gasteiger partial charge in [-0.05, 0) is 18.6 Å². The van der Waals surface area contributed by atoms with Gasteiger partial charge in [0.2, 0.25) is 0 Å². The minimum atomic E-state index is -0.393. The Labute approximate surface area is 85.9 Å². The number of rotatable bonds is 2. The van der Waals surface area contributed by atoms with Crippen LogP contribution in [0.3, 0.4) is 0 Å². The van der Waals surface area contributed by atoms with Crippen molar-refractivity contribution >= 4 is 5.69 Å². The lowest BCUT2D eigenvalue weighted by atomic mass is 10.1. The van der Waals surface area contributed by atoms with E-state index in [9.17, 15) is 10.1 Å². The van der Waals surface area contributed by atoms with Gasteiger partial charge in [0, 0.05) is 6.07 Å². The number of aryl methyl sites for hydroxylation is 1. The first-order chi connectivity index (χ1) is 7.18. The van der Waals surface area contributed by atoms with Crippen molar-refractivity contribution < 1.29 is 4.92 Å². The summed E-state index contributed by atoms with van der Waals surface area (Å²) in [5.41, 5.74) is 2.29. The molecule has 0 fully saturated rings. The fourth-order valence-corrected chi connectivity index (χ4v) is 1.43. The molecule has 0 saturated heterocycles. The van der Waals surface area contributed by atoms with Gasteiger partial charge in [0.15, 0.2) is 0 Å². The van der Waals surface area contributed by atoms with Gasteiger partial charge in [-0.1, -0.05) is 6.07 Å². The molecule has 1 N–H and O–H groups in total. The monoisotopic (exact) mass is 203 g/mol. The van der Waals surface area contributed by atoms with Crippen LogP contribution >= 0.6 is 0 Å².